The third kappa shape index (κ3) is 6.49. The van der Waals surface area contributed by atoms with Gasteiger partial charge in [0.15, 0.2) is 0 Å². The number of methoxy groups -OCH3 is 1. The normalized spacial score (nSPS) is 11.8. The molecule has 0 fully saturated rings. The van der Waals surface area contributed by atoms with Crippen LogP contribution in [0.15, 0.2) is 18.2 Å². The van der Waals surface area contributed by atoms with Crippen molar-refractivity contribution in [1.29, 1.82) is 0 Å². The van der Waals surface area contributed by atoms with Crippen LogP contribution >= 0.6 is 11.6 Å². The van der Waals surface area contributed by atoms with E-state index in [0.29, 0.717) is 23.6 Å². The van der Waals surface area contributed by atoms with Crippen LogP contribution in [0.2, 0.25) is 5.02 Å². The molecule has 2 N–H and O–H groups in total. The molecule has 5 nitrogen and oxygen atoms in total. The van der Waals surface area contributed by atoms with Gasteiger partial charge < -0.3 is 15.2 Å². The van der Waals surface area contributed by atoms with Crippen molar-refractivity contribution in [2.45, 2.75) is 38.6 Å². The third-order valence-electron chi connectivity index (χ3n) is 3.03. The van der Waals surface area contributed by atoms with Gasteiger partial charge in [0.05, 0.1) is 13.5 Å². The summed E-state index contributed by atoms with van der Waals surface area (Å²) in [6.07, 6.45) is 1.46. The zero-order chi connectivity index (χ0) is 15.8. The largest absolute Gasteiger partial charge is 0.496 e. The first-order valence-corrected chi connectivity index (χ1v) is 7.13. The fraction of sp³-hybridized carbons (Fsp3) is 0.467. The van der Waals surface area contributed by atoms with Crippen LogP contribution < -0.4 is 10.1 Å². The highest BCUT2D eigenvalue weighted by Gasteiger charge is 2.12. The van der Waals surface area contributed by atoms with Crippen LogP contribution in [0.1, 0.15) is 31.7 Å². The number of ether oxygens (including phenoxy) is 1. The van der Waals surface area contributed by atoms with Crippen LogP contribution in [0.4, 0.5) is 0 Å². The number of hydrogen-bond donors (Lipinski definition) is 2. The van der Waals surface area contributed by atoms with Crippen LogP contribution in [0.5, 0.6) is 5.75 Å². The minimum Gasteiger partial charge on any atom is -0.496 e. The second-order valence-corrected chi connectivity index (χ2v) is 5.32. The smallest absolute Gasteiger partial charge is 0.303 e. The SMILES string of the molecule is COc1ccc(Cl)cc1CC(=O)NC(C)CCCC(=O)O. The lowest BCUT2D eigenvalue weighted by Gasteiger charge is -2.14. The van der Waals surface area contributed by atoms with Crippen molar-refractivity contribution in [3.05, 3.63) is 28.8 Å². The van der Waals surface area contributed by atoms with E-state index in [1.807, 2.05) is 6.92 Å². The van der Waals surface area contributed by atoms with Crippen molar-refractivity contribution >= 4 is 23.5 Å². The Balaban J connectivity index is 2.49. The quantitative estimate of drug-likeness (QED) is 0.773. The summed E-state index contributed by atoms with van der Waals surface area (Å²) in [7, 11) is 1.54. The van der Waals surface area contributed by atoms with Gasteiger partial charge in [0.25, 0.3) is 0 Å². The zero-order valence-corrected chi connectivity index (χ0v) is 12.9. The Labute approximate surface area is 129 Å². The van der Waals surface area contributed by atoms with Crippen molar-refractivity contribution in [1.82, 2.24) is 5.32 Å². The number of carbonyl (C=O) groups is 2. The number of nitrogens with one attached hydrogen (secondary N) is 1. The second kappa shape index (κ2) is 8.52. The summed E-state index contributed by atoms with van der Waals surface area (Å²) >= 11 is 5.92. The second-order valence-electron chi connectivity index (χ2n) is 4.89. The van der Waals surface area contributed by atoms with Gasteiger partial charge in [-0.25, -0.2) is 0 Å². The number of benzene rings is 1. The Bertz CT molecular complexity index is 504. The Morgan fingerprint density at radius 3 is 2.76 bits per heavy atom. The Morgan fingerprint density at radius 1 is 1.43 bits per heavy atom. The van der Waals surface area contributed by atoms with E-state index in [1.165, 1.54) is 0 Å². The van der Waals surface area contributed by atoms with Crippen molar-refractivity contribution < 1.29 is 19.4 Å². The van der Waals surface area contributed by atoms with E-state index >= 15 is 0 Å². The molecule has 0 saturated heterocycles. The topological polar surface area (TPSA) is 75.6 Å². The van der Waals surface area contributed by atoms with Crippen LogP contribution in [-0.2, 0) is 16.0 Å². The molecule has 21 heavy (non-hydrogen) atoms. The highest BCUT2D eigenvalue weighted by Crippen LogP contribution is 2.23. The van der Waals surface area contributed by atoms with E-state index in [9.17, 15) is 9.59 Å². The Morgan fingerprint density at radius 2 is 2.14 bits per heavy atom. The van der Waals surface area contributed by atoms with Gasteiger partial charge in [0.2, 0.25) is 5.91 Å². The van der Waals surface area contributed by atoms with Gasteiger partial charge in [-0.2, -0.15) is 0 Å². The Kier molecular flexibility index (Phi) is 7.02. The highest BCUT2D eigenvalue weighted by molar-refractivity contribution is 6.30. The molecule has 1 rings (SSSR count). The van der Waals surface area contributed by atoms with Gasteiger partial charge in [-0.05, 0) is 38.0 Å². The Hall–Kier alpha value is -1.75. The van der Waals surface area contributed by atoms with Crippen LogP contribution in [0.25, 0.3) is 0 Å². The molecular formula is C15H20ClNO4. The number of hydrogen-bond acceptors (Lipinski definition) is 3. The average Bonchev–Trinajstić information content (AvgIpc) is 2.38. The molecule has 6 heteroatoms. The number of aliphatic carboxylic acids is 1. The van der Waals surface area contributed by atoms with Crippen molar-refractivity contribution in [3.8, 4) is 5.75 Å². The summed E-state index contributed by atoms with van der Waals surface area (Å²) in [5.74, 6) is -0.344. The number of amides is 1. The van der Waals surface area contributed by atoms with Crippen molar-refractivity contribution in [2.75, 3.05) is 7.11 Å². The molecule has 0 aliphatic carbocycles. The number of rotatable bonds is 8. The number of halogens is 1. The molecule has 0 aliphatic heterocycles. The average molecular weight is 314 g/mol. The minimum absolute atomic E-state index is 0.0676. The molecule has 1 atom stereocenters. The summed E-state index contributed by atoms with van der Waals surface area (Å²) in [5.41, 5.74) is 0.722. The predicted molar refractivity (Wildman–Crippen MR) is 80.8 cm³/mol. The number of carboxylic acids is 1. The fourth-order valence-corrected chi connectivity index (χ4v) is 2.21. The summed E-state index contributed by atoms with van der Waals surface area (Å²) in [6.45, 7) is 1.86. The van der Waals surface area contributed by atoms with E-state index < -0.39 is 5.97 Å². The van der Waals surface area contributed by atoms with Gasteiger partial charge in [-0.1, -0.05) is 11.6 Å². The standard InChI is InChI=1S/C15H20ClNO4/c1-10(4-3-5-15(19)20)17-14(18)9-11-8-12(16)6-7-13(11)21-2/h6-8,10H,3-5,9H2,1-2H3,(H,17,18)(H,19,20). The molecule has 1 aromatic rings. The van der Waals surface area contributed by atoms with Gasteiger partial charge in [-0.15, -0.1) is 0 Å². The lowest BCUT2D eigenvalue weighted by atomic mass is 10.1. The highest BCUT2D eigenvalue weighted by atomic mass is 35.5. The summed E-state index contributed by atoms with van der Waals surface area (Å²) in [5, 5.41) is 12.0. The molecule has 0 saturated carbocycles. The van der Waals surface area contributed by atoms with E-state index in [1.54, 1.807) is 25.3 Å². The maximum Gasteiger partial charge on any atom is 0.303 e. The van der Waals surface area contributed by atoms with Gasteiger partial charge in [0, 0.05) is 23.0 Å². The van der Waals surface area contributed by atoms with E-state index in [4.69, 9.17) is 21.4 Å². The van der Waals surface area contributed by atoms with Gasteiger partial charge in [0.1, 0.15) is 5.75 Å². The third-order valence-corrected chi connectivity index (χ3v) is 3.26. The lowest BCUT2D eigenvalue weighted by molar-refractivity contribution is -0.137. The number of carboxylic acid groups (broad SMARTS) is 1. The first-order chi connectivity index (χ1) is 9.92. The van der Waals surface area contributed by atoms with E-state index in [0.717, 1.165) is 5.56 Å². The molecule has 0 aliphatic rings. The predicted octanol–water partition coefficient (Wildman–Crippen LogP) is 2.65. The van der Waals surface area contributed by atoms with Gasteiger partial charge in [-0.3, -0.25) is 9.59 Å². The van der Waals surface area contributed by atoms with Crippen LogP contribution in [0, 0.1) is 0 Å². The van der Waals surface area contributed by atoms with E-state index in [2.05, 4.69) is 5.32 Å². The maximum atomic E-state index is 12.0. The minimum atomic E-state index is -0.822. The molecule has 0 spiro atoms. The molecule has 0 radical (unpaired) electrons. The monoisotopic (exact) mass is 313 g/mol. The summed E-state index contributed by atoms with van der Waals surface area (Å²) in [6, 6.07) is 5.06. The van der Waals surface area contributed by atoms with Gasteiger partial charge >= 0.3 is 5.97 Å². The zero-order valence-electron chi connectivity index (χ0n) is 12.2. The van der Waals surface area contributed by atoms with Crippen molar-refractivity contribution in [3.63, 3.8) is 0 Å². The summed E-state index contributed by atoms with van der Waals surface area (Å²) < 4.78 is 5.19. The molecule has 1 aromatic carbocycles. The fourth-order valence-electron chi connectivity index (χ4n) is 2.02. The maximum absolute atomic E-state index is 12.0. The summed E-state index contributed by atoms with van der Waals surface area (Å²) in [4.78, 5) is 22.4. The lowest BCUT2D eigenvalue weighted by Crippen LogP contribution is -2.33. The van der Waals surface area contributed by atoms with E-state index in [-0.39, 0.29) is 24.8 Å². The van der Waals surface area contributed by atoms with Crippen LogP contribution in [-0.4, -0.2) is 30.1 Å². The number of carbonyl (C=O) groups excluding carboxylic acids is 1. The molecule has 1 amide bonds. The molecule has 116 valence electrons. The van der Waals surface area contributed by atoms with Crippen molar-refractivity contribution in [2.24, 2.45) is 0 Å². The molecule has 0 bridgehead atoms. The molecule has 1 unspecified atom stereocenters. The first kappa shape index (κ1) is 17.3. The molecular weight excluding hydrogens is 294 g/mol. The van der Waals surface area contributed by atoms with Crippen LogP contribution in [0.3, 0.4) is 0 Å². The molecule has 0 aromatic heterocycles. The first-order valence-electron chi connectivity index (χ1n) is 6.76. The molecule has 0 heterocycles.